The Morgan fingerprint density at radius 1 is 1.05 bits per heavy atom. The zero-order chi connectivity index (χ0) is 13.7. The molecule has 0 saturated carbocycles. The second kappa shape index (κ2) is 6.22. The van der Waals surface area contributed by atoms with Gasteiger partial charge in [0, 0.05) is 22.8 Å². The maximum atomic E-state index is 11.3. The molecule has 0 atom stereocenters. The number of benzene rings is 2. The van der Waals surface area contributed by atoms with E-state index in [1.807, 2.05) is 36.4 Å². The summed E-state index contributed by atoms with van der Waals surface area (Å²) >= 11 is 5.82. The van der Waals surface area contributed by atoms with Crippen LogP contribution in [0.3, 0.4) is 0 Å². The van der Waals surface area contributed by atoms with Gasteiger partial charge in [-0.3, -0.25) is 10.2 Å². The average molecular weight is 276 g/mol. The van der Waals surface area contributed by atoms with Crippen LogP contribution in [0.1, 0.15) is 15.9 Å². The molecule has 1 amide bonds. The maximum Gasteiger partial charge on any atom is 0.265 e. The van der Waals surface area contributed by atoms with Crippen molar-refractivity contribution in [2.24, 2.45) is 5.84 Å². The zero-order valence-electron chi connectivity index (χ0n) is 10.2. The van der Waals surface area contributed by atoms with E-state index in [0.29, 0.717) is 12.1 Å². The topological polar surface area (TPSA) is 67.1 Å². The van der Waals surface area contributed by atoms with Gasteiger partial charge in [-0.1, -0.05) is 23.7 Å². The van der Waals surface area contributed by atoms with Gasteiger partial charge in [0.1, 0.15) is 0 Å². The molecular weight excluding hydrogens is 262 g/mol. The smallest absolute Gasteiger partial charge is 0.265 e. The van der Waals surface area contributed by atoms with Gasteiger partial charge in [0.15, 0.2) is 0 Å². The third-order valence-electron chi connectivity index (χ3n) is 2.69. The number of carbonyl (C=O) groups excluding carboxylic acids is 1. The number of carbonyl (C=O) groups is 1. The first kappa shape index (κ1) is 13.4. The summed E-state index contributed by atoms with van der Waals surface area (Å²) in [6.45, 7) is 0.694. The van der Waals surface area contributed by atoms with Gasteiger partial charge in [0.05, 0.1) is 0 Å². The SMILES string of the molecule is NNC(=O)c1ccc(NCc2ccc(Cl)cc2)cc1. The highest BCUT2D eigenvalue weighted by Gasteiger charge is 2.02. The van der Waals surface area contributed by atoms with Crippen LogP contribution in [0.4, 0.5) is 5.69 Å². The van der Waals surface area contributed by atoms with Crippen molar-refractivity contribution < 1.29 is 4.79 Å². The predicted octanol–water partition coefficient (Wildman–Crippen LogP) is 2.56. The first-order chi connectivity index (χ1) is 9.19. The van der Waals surface area contributed by atoms with Crippen LogP contribution in [-0.4, -0.2) is 5.91 Å². The third-order valence-corrected chi connectivity index (χ3v) is 2.94. The number of hydrogen-bond donors (Lipinski definition) is 3. The lowest BCUT2D eigenvalue weighted by Crippen LogP contribution is -2.29. The van der Waals surface area contributed by atoms with E-state index < -0.39 is 0 Å². The van der Waals surface area contributed by atoms with Crippen molar-refractivity contribution in [3.05, 3.63) is 64.7 Å². The lowest BCUT2D eigenvalue weighted by Gasteiger charge is -2.07. The largest absolute Gasteiger partial charge is 0.381 e. The van der Waals surface area contributed by atoms with Gasteiger partial charge in [-0.25, -0.2) is 5.84 Å². The van der Waals surface area contributed by atoms with E-state index in [0.717, 1.165) is 16.3 Å². The molecule has 0 heterocycles. The minimum atomic E-state index is -0.302. The number of hydrazine groups is 1. The molecule has 2 aromatic rings. The normalized spacial score (nSPS) is 10.0. The van der Waals surface area contributed by atoms with E-state index in [1.54, 1.807) is 12.1 Å². The lowest BCUT2D eigenvalue weighted by molar-refractivity contribution is 0.0953. The third kappa shape index (κ3) is 3.71. The van der Waals surface area contributed by atoms with Gasteiger partial charge in [-0.2, -0.15) is 0 Å². The van der Waals surface area contributed by atoms with Crippen molar-refractivity contribution >= 4 is 23.2 Å². The Balaban J connectivity index is 1.96. The van der Waals surface area contributed by atoms with E-state index in [2.05, 4.69) is 10.7 Å². The Morgan fingerprint density at radius 3 is 2.26 bits per heavy atom. The van der Waals surface area contributed by atoms with Gasteiger partial charge in [-0.15, -0.1) is 0 Å². The number of anilines is 1. The van der Waals surface area contributed by atoms with Crippen LogP contribution in [0.2, 0.25) is 5.02 Å². The summed E-state index contributed by atoms with van der Waals surface area (Å²) < 4.78 is 0. The summed E-state index contributed by atoms with van der Waals surface area (Å²) in [5.74, 6) is 4.76. The Hall–Kier alpha value is -2.04. The molecule has 0 saturated heterocycles. The van der Waals surface area contributed by atoms with Crippen LogP contribution in [0.5, 0.6) is 0 Å². The molecule has 0 bridgehead atoms. The fourth-order valence-electron chi connectivity index (χ4n) is 1.63. The standard InChI is InChI=1S/C14H14ClN3O/c15-12-5-1-10(2-6-12)9-17-13-7-3-11(4-8-13)14(19)18-16/h1-8,17H,9,16H2,(H,18,19). The molecule has 0 aliphatic carbocycles. The van der Waals surface area contributed by atoms with Crippen LogP contribution in [0, 0.1) is 0 Å². The van der Waals surface area contributed by atoms with Crippen molar-refractivity contribution in [2.75, 3.05) is 5.32 Å². The predicted molar refractivity (Wildman–Crippen MR) is 76.9 cm³/mol. The summed E-state index contributed by atoms with van der Waals surface area (Å²) in [5, 5.41) is 3.98. The Morgan fingerprint density at radius 2 is 1.68 bits per heavy atom. The molecule has 98 valence electrons. The number of nitrogens with one attached hydrogen (secondary N) is 2. The average Bonchev–Trinajstić information content (AvgIpc) is 2.46. The van der Waals surface area contributed by atoms with Crippen molar-refractivity contribution in [2.45, 2.75) is 6.54 Å². The molecule has 2 rings (SSSR count). The molecule has 2 aromatic carbocycles. The number of nitrogen functional groups attached to an aromatic ring is 1. The minimum Gasteiger partial charge on any atom is -0.381 e. The summed E-state index contributed by atoms with van der Waals surface area (Å²) in [7, 11) is 0. The molecule has 0 aliphatic heterocycles. The second-order valence-electron chi connectivity index (χ2n) is 4.03. The highest BCUT2D eigenvalue weighted by molar-refractivity contribution is 6.30. The van der Waals surface area contributed by atoms with Gasteiger partial charge in [0.2, 0.25) is 0 Å². The molecule has 4 N–H and O–H groups in total. The van der Waals surface area contributed by atoms with Crippen LogP contribution in [0.25, 0.3) is 0 Å². The molecule has 4 nitrogen and oxygen atoms in total. The monoisotopic (exact) mass is 275 g/mol. The highest BCUT2D eigenvalue weighted by Crippen LogP contribution is 2.13. The number of rotatable bonds is 4. The van der Waals surface area contributed by atoms with Crippen LogP contribution < -0.4 is 16.6 Å². The van der Waals surface area contributed by atoms with E-state index >= 15 is 0 Å². The van der Waals surface area contributed by atoms with Gasteiger partial charge in [-0.05, 0) is 42.0 Å². The number of amides is 1. The maximum absolute atomic E-state index is 11.3. The van der Waals surface area contributed by atoms with Crippen molar-refractivity contribution in [1.82, 2.24) is 5.43 Å². The first-order valence-electron chi connectivity index (χ1n) is 5.78. The minimum absolute atomic E-state index is 0.302. The van der Waals surface area contributed by atoms with Gasteiger partial charge >= 0.3 is 0 Å². The van der Waals surface area contributed by atoms with E-state index in [1.165, 1.54) is 0 Å². The van der Waals surface area contributed by atoms with Crippen LogP contribution >= 0.6 is 11.6 Å². The number of hydrogen-bond acceptors (Lipinski definition) is 3. The van der Waals surface area contributed by atoms with Crippen molar-refractivity contribution in [3.63, 3.8) is 0 Å². The van der Waals surface area contributed by atoms with Gasteiger partial charge < -0.3 is 5.32 Å². The van der Waals surface area contributed by atoms with E-state index in [-0.39, 0.29) is 5.91 Å². The molecule has 0 aromatic heterocycles. The van der Waals surface area contributed by atoms with Crippen molar-refractivity contribution in [1.29, 1.82) is 0 Å². The fraction of sp³-hybridized carbons (Fsp3) is 0.0714. The van der Waals surface area contributed by atoms with E-state index in [4.69, 9.17) is 17.4 Å². The Labute approximate surface area is 116 Å². The zero-order valence-corrected chi connectivity index (χ0v) is 10.9. The van der Waals surface area contributed by atoms with Crippen molar-refractivity contribution in [3.8, 4) is 0 Å². The summed E-state index contributed by atoms with van der Waals surface area (Å²) in [4.78, 5) is 11.3. The summed E-state index contributed by atoms with van der Waals surface area (Å²) in [6.07, 6.45) is 0. The molecule has 0 unspecified atom stereocenters. The molecular formula is C14H14ClN3O. The number of halogens is 1. The summed E-state index contributed by atoms with van der Waals surface area (Å²) in [6, 6.07) is 14.7. The van der Waals surface area contributed by atoms with E-state index in [9.17, 15) is 4.79 Å². The van der Waals surface area contributed by atoms with Crippen LogP contribution in [-0.2, 0) is 6.54 Å². The molecule has 0 radical (unpaired) electrons. The molecule has 0 spiro atoms. The van der Waals surface area contributed by atoms with Crippen LogP contribution in [0.15, 0.2) is 48.5 Å². The fourth-order valence-corrected chi connectivity index (χ4v) is 1.76. The second-order valence-corrected chi connectivity index (χ2v) is 4.47. The highest BCUT2D eigenvalue weighted by atomic mass is 35.5. The Kier molecular flexibility index (Phi) is 4.39. The molecule has 0 fully saturated rings. The summed E-state index contributed by atoms with van der Waals surface area (Å²) in [5.41, 5.74) is 4.69. The quantitative estimate of drug-likeness (QED) is 0.456. The Bertz CT molecular complexity index is 552. The molecule has 5 heteroatoms. The molecule has 19 heavy (non-hydrogen) atoms. The molecule has 0 aliphatic rings. The first-order valence-corrected chi connectivity index (χ1v) is 6.16. The number of nitrogens with two attached hydrogens (primary N) is 1. The van der Waals surface area contributed by atoms with Gasteiger partial charge in [0.25, 0.3) is 5.91 Å². The lowest BCUT2D eigenvalue weighted by atomic mass is 10.2.